The lowest BCUT2D eigenvalue weighted by Crippen LogP contribution is -2.22. The molecule has 3 heteroatoms. The molecule has 15 heavy (non-hydrogen) atoms. The molecule has 1 N–H and O–H groups in total. The van der Waals surface area contributed by atoms with Gasteiger partial charge in [0.15, 0.2) is 0 Å². The zero-order valence-electron chi connectivity index (χ0n) is 9.36. The molecule has 1 aromatic heterocycles. The van der Waals surface area contributed by atoms with Crippen molar-refractivity contribution in [1.29, 1.82) is 0 Å². The number of pyridine rings is 1. The predicted octanol–water partition coefficient (Wildman–Crippen LogP) is 1.69. The van der Waals surface area contributed by atoms with Gasteiger partial charge in [-0.05, 0) is 32.0 Å². The van der Waals surface area contributed by atoms with E-state index in [1.807, 2.05) is 25.5 Å². The molecule has 0 bridgehead atoms. The molecule has 1 saturated heterocycles. The first-order chi connectivity index (χ1) is 7.33. The summed E-state index contributed by atoms with van der Waals surface area (Å²) in [5.74, 6) is 0.581. The summed E-state index contributed by atoms with van der Waals surface area (Å²) in [7, 11) is 1.99. The normalized spacial score (nSPS) is 25.7. The maximum atomic E-state index is 5.80. The largest absolute Gasteiger partial charge is 0.373 e. The fourth-order valence-electron chi connectivity index (χ4n) is 2.22. The first kappa shape index (κ1) is 10.6. The van der Waals surface area contributed by atoms with E-state index in [-0.39, 0.29) is 6.10 Å². The van der Waals surface area contributed by atoms with Crippen molar-refractivity contribution in [1.82, 2.24) is 10.3 Å². The number of aryl methyl sites for hydroxylation is 1. The summed E-state index contributed by atoms with van der Waals surface area (Å²) < 4.78 is 5.80. The van der Waals surface area contributed by atoms with E-state index in [9.17, 15) is 0 Å². The minimum absolute atomic E-state index is 0.228. The van der Waals surface area contributed by atoms with E-state index in [0.29, 0.717) is 5.92 Å². The van der Waals surface area contributed by atoms with Crippen molar-refractivity contribution in [3.05, 3.63) is 29.6 Å². The van der Waals surface area contributed by atoms with Crippen LogP contribution >= 0.6 is 0 Å². The molecule has 2 atom stereocenters. The van der Waals surface area contributed by atoms with Crippen LogP contribution in [0.15, 0.2) is 18.5 Å². The maximum absolute atomic E-state index is 5.80. The van der Waals surface area contributed by atoms with Gasteiger partial charge in [0.2, 0.25) is 0 Å². The predicted molar refractivity (Wildman–Crippen MR) is 59.7 cm³/mol. The third-order valence-electron chi connectivity index (χ3n) is 3.07. The Morgan fingerprint density at radius 1 is 1.60 bits per heavy atom. The summed E-state index contributed by atoms with van der Waals surface area (Å²) in [5, 5.41) is 3.23. The number of hydrogen-bond donors (Lipinski definition) is 1. The number of nitrogens with one attached hydrogen (secondary N) is 1. The van der Waals surface area contributed by atoms with Crippen LogP contribution in [0.3, 0.4) is 0 Å². The van der Waals surface area contributed by atoms with Gasteiger partial charge in [0, 0.05) is 37.0 Å². The second-order valence-corrected chi connectivity index (χ2v) is 4.13. The standard InChI is InChI=1S/C12H18N2O/c1-9-3-5-14-8-11(9)12-10(7-13-2)4-6-15-12/h3,5,8,10,12-13H,4,6-7H2,1-2H3. The first-order valence-corrected chi connectivity index (χ1v) is 5.49. The van der Waals surface area contributed by atoms with Crippen LogP contribution in [-0.2, 0) is 4.74 Å². The van der Waals surface area contributed by atoms with Crippen molar-refractivity contribution in [2.24, 2.45) is 5.92 Å². The van der Waals surface area contributed by atoms with Crippen molar-refractivity contribution < 1.29 is 4.74 Å². The van der Waals surface area contributed by atoms with Crippen LogP contribution in [0.25, 0.3) is 0 Å². The number of aromatic nitrogens is 1. The van der Waals surface area contributed by atoms with Gasteiger partial charge in [-0.25, -0.2) is 0 Å². The lowest BCUT2D eigenvalue weighted by molar-refractivity contribution is 0.0902. The number of rotatable bonds is 3. The summed E-state index contributed by atoms with van der Waals surface area (Å²) in [4.78, 5) is 4.18. The molecular weight excluding hydrogens is 188 g/mol. The number of ether oxygens (including phenoxy) is 1. The Bertz CT molecular complexity index is 327. The van der Waals surface area contributed by atoms with Crippen LogP contribution < -0.4 is 5.32 Å². The molecule has 0 amide bonds. The lowest BCUT2D eigenvalue weighted by atomic mass is 9.94. The number of hydrogen-bond acceptors (Lipinski definition) is 3. The van der Waals surface area contributed by atoms with Crippen LogP contribution in [0.1, 0.15) is 23.7 Å². The molecule has 2 rings (SSSR count). The highest BCUT2D eigenvalue weighted by Gasteiger charge is 2.29. The summed E-state index contributed by atoms with van der Waals surface area (Å²) in [6.07, 6.45) is 5.14. The van der Waals surface area contributed by atoms with Crippen molar-refractivity contribution >= 4 is 0 Å². The molecule has 0 aliphatic carbocycles. The van der Waals surface area contributed by atoms with E-state index in [4.69, 9.17) is 4.74 Å². The molecule has 0 saturated carbocycles. The van der Waals surface area contributed by atoms with Gasteiger partial charge >= 0.3 is 0 Å². The molecule has 82 valence electrons. The zero-order valence-corrected chi connectivity index (χ0v) is 9.36. The van der Waals surface area contributed by atoms with Gasteiger partial charge in [0.1, 0.15) is 0 Å². The van der Waals surface area contributed by atoms with Gasteiger partial charge < -0.3 is 10.1 Å². The Hall–Kier alpha value is -0.930. The number of nitrogens with zero attached hydrogens (tertiary/aromatic N) is 1. The van der Waals surface area contributed by atoms with Crippen molar-refractivity contribution in [3.63, 3.8) is 0 Å². The Morgan fingerprint density at radius 2 is 2.47 bits per heavy atom. The Labute approximate surface area is 90.9 Å². The van der Waals surface area contributed by atoms with Gasteiger partial charge in [-0.15, -0.1) is 0 Å². The van der Waals surface area contributed by atoms with Crippen LogP contribution in [0.5, 0.6) is 0 Å². The van der Waals surface area contributed by atoms with Gasteiger partial charge in [0.25, 0.3) is 0 Å². The third-order valence-corrected chi connectivity index (χ3v) is 3.07. The topological polar surface area (TPSA) is 34.1 Å². The highest BCUT2D eigenvalue weighted by molar-refractivity contribution is 5.25. The van der Waals surface area contributed by atoms with E-state index in [2.05, 4.69) is 17.2 Å². The summed E-state index contributed by atoms with van der Waals surface area (Å²) in [6, 6.07) is 2.05. The van der Waals surface area contributed by atoms with Crippen molar-refractivity contribution in [3.8, 4) is 0 Å². The third kappa shape index (κ3) is 2.19. The van der Waals surface area contributed by atoms with E-state index >= 15 is 0 Å². The molecule has 0 spiro atoms. The van der Waals surface area contributed by atoms with Crippen LogP contribution in [0, 0.1) is 12.8 Å². The molecule has 1 aromatic rings. The van der Waals surface area contributed by atoms with Gasteiger partial charge in [-0.2, -0.15) is 0 Å². The van der Waals surface area contributed by atoms with Gasteiger partial charge in [-0.1, -0.05) is 0 Å². The van der Waals surface area contributed by atoms with Gasteiger partial charge in [-0.3, -0.25) is 4.98 Å². The molecule has 2 heterocycles. The summed E-state index contributed by atoms with van der Waals surface area (Å²) in [6.45, 7) is 4.00. The first-order valence-electron chi connectivity index (χ1n) is 5.49. The van der Waals surface area contributed by atoms with Crippen LogP contribution in [0.2, 0.25) is 0 Å². The van der Waals surface area contributed by atoms with E-state index in [0.717, 1.165) is 19.6 Å². The molecule has 0 radical (unpaired) electrons. The molecule has 1 aliphatic rings. The smallest absolute Gasteiger partial charge is 0.0883 e. The monoisotopic (exact) mass is 206 g/mol. The zero-order chi connectivity index (χ0) is 10.7. The van der Waals surface area contributed by atoms with Gasteiger partial charge in [0.05, 0.1) is 6.10 Å². The van der Waals surface area contributed by atoms with E-state index in [1.165, 1.54) is 11.1 Å². The molecule has 2 unspecified atom stereocenters. The SMILES string of the molecule is CNCC1CCOC1c1cnccc1C. The highest BCUT2D eigenvalue weighted by atomic mass is 16.5. The summed E-state index contributed by atoms with van der Waals surface area (Å²) >= 11 is 0. The van der Waals surface area contributed by atoms with Crippen LogP contribution in [0.4, 0.5) is 0 Å². The van der Waals surface area contributed by atoms with E-state index < -0.39 is 0 Å². The second kappa shape index (κ2) is 4.73. The molecular formula is C12H18N2O. The Balaban J connectivity index is 2.19. The van der Waals surface area contributed by atoms with Crippen molar-refractivity contribution in [2.75, 3.05) is 20.2 Å². The fraction of sp³-hybridized carbons (Fsp3) is 0.583. The minimum atomic E-state index is 0.228. The average Bonchev–Trinajstić information content (AvgIpc) is 2.67. The molecule has 3 nitrogen and oxygen atoms in total. The van der Waals surface area contributed by atoms with Crippen molar-refractivity contribution in [2.45, 2.75) is 19.4 Å². The Kier molecular flexibility index (Phi) is 3.34. The minimum Gasteiger partial charge on any atom is -0.373 e. The quantitative estimate of drug-likeness (QED) is 0.817. The fourth-order valence-corrected chi connectivity index (χ4v) is 2.22. The average molecular weight is 206 g/mol. The van der Waals surface area contributed by atoms with Crippen LogP contribution in [-0.4, -0.2) is 25.2 Å². The lowest BCUT2D eigenvalue weighted by Gasteiger charge is -2.19. The van der Waals surface area contributed by atoms with E-state index in [1.54, 1.807) is 0 Å². The second-order valence-electron chi connectivity index (χ2n) is 4.13. The molecule has 1 aliphatic heterocycles. The summed E-state index contributed by atoms with van der Waals surface area (Å²) in [5.41, 5.74) is 2.52. The molecule has 1 fully saturated rings. The molecule has 0 aromatic carbocycles. The highest BCUT2D eigenvalue weighted by Crippen LogP contribution is 2.35. The Morgan fingerprint density at radius 3 is 3.20 bits per heavy atom. The maximum Gasteiger partial charge on any atom is 0.0883 e.